The van der Waals surface area contributed by atoms with Crippen LogP contribution in [0.4, 0.5) is 0 Å². The van der Waals surface area contributed by atoms with Gasteiger partial charge in [0.2, 0.25) is 6.41 Å². The van der Waals surface area contributed by atoms with E-state index in [0.29, 0.717) is 0 Å². The molecular weight excluding hydrogens is 260 g/mol. The fraction of sp³-hybridized carbons (Fsp3) is 0.611. The third kappa shape index (κ3) is 6.76. The first kappa shape index (κ1) is 19.7. The Labute approximate surface area is 130 Å². The van der Waals surface area contributed by atoms with Gasteiger partial charge in [0, 0.05) is 0 Å². The first-order valence-corrected chi connectivity index (χ1v) is 8.05. The molecule has 0 aliphatic carbocycles. The summed E-state index contributed by atoms with van der Waals surface area (Å²) in [5, 5.41) is 0. The minimum absolute atomic E-state index is 0.250. The Morgan fingerprint density at radius 2 is 1.81 bits per heavy atom. The van der Waals surface area contributed by atoms with Crippen molar-refractivity contribution < 1.29 is 4.79 Å². The second-order valence-electron chi connectivity index (χ2n) is 5.25. The van der Waals surface area contributed by atoms with Crippen LogP contribution in [-0.2, 0) is 11.2 Å². The number of hydrogen-bond donors (Lipinski definition) is 1. The van der Waals surface area contributed by atoms with Crippen molar-refractivity contribution in [1.82, 2.24) is 4.90 Å². The van der Waals surface area contributed by atoms with Gasteiger partial charge in [-0.25, -0.2) is 0 Å². The number of likely N-dealkylation sites (tertiary alicyclic amines) is 1. The molecule has 3 heteroatoms. The molecule has 0 aromatic heterocycles. The standard InChI is InChI=1S/C15H23N.C2H6.CH3NO/c1-4-13-11-15(6-5-12(13)2)14-7-9-16(3)10-8-14;1-2;2-1-3/h5-6,11,14H,4,7-10H2,1-3H3;1-2H3;1H,(H2,2,3). The summed E-state index contributed by atoms with van der Waals surface area (Å²) in [4.78, 5) is 11.0. The van der Waals surface area contributed by atoms with Gasteiger partial charge < -0.3 is 10.6 Å². The molecule has 1 amide bonds. The van der Waals surface area contributed by atoms with Gasteiger partial charge >= 0.3 is 0 Å². The molecule has 0 saturated carbocycles. The molecule has 3 nitrogen and oxygen atoms in total. The van der Waals surface area contributed by atoms with Crippen LogP contribution in [-0.4, -0.2) is 31.4 Å². The highest BCUT2D eigenvalue weighted by Gasteiger charge is 2.18. The van der Waals surface area contributed by atoms with Gasteiger partial charge in [-0.3, -0.25) is 4.79 Å². The first-order valence-electron chi connectivity index (χ1n) is 8.05. The van der Waals surface area contributed by atoms with Crippen molar-refractivity contribution in [3.8, 4) is 0 Å². The van der Waals surface area contributed by atoms with E-state index >= 15 is 0 Å². The highest BCUT2D eigenvalue weighted by atomic mass is 16.1. The maximum atomic E-state index is 8.58. The molecule has 2 rings (SSSR count). The smallest absolute Gasteiger partial charge is 0.204 e. The second kappa shape index (κ2) is 11.3. The van der Waals surface area contributed by atoms with Gasteiger partial charge in [0.25, 0.3) is 0 Å². The predicted molar refractivity (Wildman–Crippen MR) is 91.6 cm³/mol. The molecule has 0 unspecified atom stereocenters. The topological polar surface area (TPSA) is 46.3 Å². The van der Waals surface area contributed by atoms with Crippen molar-refractivity contribution in [3.05, 3.63) is 34.9 Å². The lowest BCUT2D eigenvalue weighted by molar-refractivity contribution is -0.106. The molecule has 0 bridgehead atoms. The molecule has 0 atom stereocenters. The summed E-state index contributed by atoms with van der Waals surface area (Å²) in [6.45, 7) is 11.0. The number of aryl methyl sites for hydroxylation is 2. The molecule has 1 heterocycles. The van der Waals surface area contributed by atoms with E-state index in [1.54, 1.807) is 5.56 Å². The molecule has 0 radical (unpaired) electrons. The van der Waals surface area contributed by atoms with E-state index in [4.69, 9.17) is 4.79 Å². The quantitative estimate of drug-likeness (QED) is 0.848. The number of amides is 1. The first-order chi connectivity index (χ1) is 10.1. The van der Waals surface area contributed by atoms with E-state index < -0.39 is 0 Å². The molecule has 120 valence electrons. The Balaban J connectivity index is 0.000000713. The Hall–Kier alpha value is -1.35. The van der Waals surface area contributed by atoms with Gasteiger partial charge in [0.1, 0.15) is 0 Å². The van der Waals surface area contributed by atoms with Gasteiger partial charge in [-0.2, -0.15) is 0 Å². The van der Waals surface area contributed by atoms with Gasteiger partial charge in [-0.15, -0.1) is 0 Å². The fourth-order valence-electron chi connectivity index (χ4n) is 2.67. The molecule has 1 aliphatic heterocycles. The largest absolute Gasteiger partial charge is 0.372 e. The molecule has 21 heavy (non-hydrogen) atoms. The van der Waals surface area contributed by atoms with Crippen LogP contribution >= 0.6 is 0 Å². The lowest BCUT2D eigenvalue weighted by Crippen LogP contribution is -2.29. The van der Waals surface area contributed by atoms with Crippen LogP contribution in [0.1, 0.15) is 56.2 Å². The zero-order valence-electron chi connectivity index (χ0n) is 14.4. The molecule has 1 aliphatic rings. The highest BCUT2D eigenvalue weighted by Crippen LogP contribution is 2.28. The molecular formula is C18H32N2O. The van der Waals surface area contributed by atoms with Crippen LogP contribution in [0.5, 0.6) is 0 Å². The summed E-state index contributed by atoms with van der Waals surface area (Å²) >= 11 is 0. The van der Waals surface area contributed by atoms with Gasteiger partial charge in [-0.1, -0.05) is 39.0 Å². The molecule has 1 fully saturated rings. The van der Waals surface area contributed by atoms with E-state index in [0.717, 1.165) is 12.3 Å². The zero-order chi connectivity index (χ0) is 16.3. The number of rotatable bonds is 2. The van der Waals surface area contributed by atoms with Gasteiger partial charge in [0.15, 0.2) is 0 Å². The van der Waals surface area contributed by atoms with E-state index in [-0.39, 0.29) is 6.41 Å². The zero-order valence-corrected chi connectivity index (χ0v) is 14.4. The number of carbonyl (C=O) groups excluding carboxylic acids is 1. The van der Waals surface area contributed by atoms with Gasteiger partial charge in [0.05, 0.1) is 0 Å². The molecule has 1 aromatic rings. The number of carbonyl (C=O) groups is 1. The lowest BCUT2D eigenvalue weighted by Gasteiger charge is -2.29. The molecule has 1 aromatic carbocycles. The Bertz CT molecular complexity index is 396. The average molecular weight is 292 g/mol. The monoisotopic (exact) mass is 292 g/mol. The van der Waals surface area contributed by atoms with Crippen LogP contribution in [0.2, 0.25) is 0 Å². The van der Waals surface area contributed by atoms with Crippen molar-refractivity contribution >= 4 is 6.41 Å². The third-order valence-corrected chi connectivity index (χ3v) is 3.94. The number of nitrogens with zero attached hydrogens (tertiary/aromatic N) is 1. The van der Waals surface area contributed by atoms with Crippen molar-refractivity contribution in [2.75, 3.05) is 20.1 Å². The van der Waals surface area contributed by atoms with Crippen LogP contribution in [0.15, 0.2) is 18.2 Å². The summed E-state index contributed by atoms with van der Waals surface area (Å²) < 4.78 is 0. The maximum absolute atomic E-state index is 8.58. The molecule has 1 saturated heterocycles. The Morgan fingerprint density at radius 1 is 1.29 bits per heavy atom. The SMILES string of the molecule is CC.CCc1cc(C2CCN(C)CC2)ccc1C.NC=O. The second-order valence-corrected chi connectivity index (χ2v) is 5.25. The van der Waals surface area contributed by atoms with E-state index in [9.17, 15) is 0 Å². The summed E-state index contributed by atoms with van der Waals surface area (Å²) in [5.41, 5.74) is 8.70. The fourth-order valence-corrected chi connectivity index (χ4v) is 2.67. The van der Waals surface area contributed by atoms with Crippen molar-refractivity contribution in [2.24, 2.45) is 5.73 Å². The highest BCUT2D eigenvalue weighted by molar-refractivity contribution is 5.42. The average Bonchev–Trinajstić information content (AvgIpc) is 2.51. The van der Waals surface area contributed by atoms with Crippen molar-refractivity contribution in [3.63, 3.8) is 0 Å². The Morgan fingerprint density at radius 3 is 2.29 bits per heavy atom. The van der Waals surface area contributed by atoms with Crippen molar-refractivity contribution in [2.45, 2.75) is 52.9 Å². The number of hydrogen-bond acceptors (Lipinski definition) is 2. The summed E-state index contributed by atoms with van der Waals surface area (Å²) in [7, 11) is 2.23. The third-order valence-electron chi connectivity index (χ3n) is 3.94. The summed E-state index contributed by atoms with van der Waals surface area (Å²) in [6.07, 6.45) is 4.05. The van der Waals surface area contributed by atoms with Crippen LogP contribution in [0.3, 0.4) is 0 Å². The number of nitrogens with two attached hydrogens (primary N) is 1. The van der Waals surface area contributed by atoms with E-state index in [1.165, 1.54) is 37.1 Å². The number of benzene rings is 1. The Kier molecular flexibility index (Phi) is 10.6. The van der Waals surface area contributed by atoms with Crippen molar-refractivity contribution in [1.29, 1.82) is 0 Å². The van der Waals surface area contributed by atoms with Crippen LogP contribution in [0.25, 0.3) is 0 Å². The van der Waals surface area contributed by atoms with Gasteiger partial charge in [-0.05, 0) is 68.9 Å². The molecule has 2 N–H and O–H groups in total. The normalized spacial score (nSPS) is 15.3. The lowest BCUT2D eigenvalue weighted by atomic mass is 9.87. The summed E-state index contributed by atoms with van der Waals surface area (Å²) in [6, 6.07) is 7.07. The minimum atomic E-state index is 0.250. The summed E-state index contributed by atoms with van der Waals surface area (Å²) in [5.74, 6) is 0.794. The maximum Gasteiger partial charge on any atom is 0.204 e. The predicted octanol–water partition coefficient (Wildman–Crippen LogP) is 3.49. The minimum Gasteiger partial charge on any atom is -0.372 e. The molecule has 0 spiro atoms. The van der Waals surface area contributed by atoms with Crippen LogP contribution < -0.4 is 5.73 Å². The van der Waals surface area contributed by atoms with E-state index in [1.807, 2.05) is 13.8 Å². The van der Waals surface area contributed by atoms with E-state index in [2.05, 4.69) is 49.7 Å². The van der Waals surface area contributed by atoms with Crippen LogP contribution in [0, 0.1) is 6.92 Å². The number of primary amides is 1. The number of piperidine rings is 1.